The van der Waals surface area contributed by atoms with Gasteiger partial charge in [0.1, 0.15) is 5.82 Å². The Bertz CT molecular complexity index is 504. The van der Waals surface area contributed by atoms with Gasteiger partial charge < -0.3 is 20.6 Å². The summed E-state index contributed by atoms with van der Waals surface area (Å²) in [7, 11) is 0. The number of aromatic carboxylic acids is 1. The van der Waals surface area contributed by atoms with E-state index in [1.807, 2.05) is 13.8 Å². The molecule has 116 valence electrons. The molecular weight excluding hydrogens is 277 g/mol. The number of anilines is 1. The Morgan fingerprint density at radius 2 is 1.95 bits per heavy atom. The maximum atomic E-state index is 13.1. The van der Waals surface area contributed by atoms with Gasteiger partial charge in [-0.1, -0.05) is 13.8 Å². The van der Waals surface area contributed by atoms with Crippen LogP contribution < -0.4 is 10.6 Å². The third-order valence-electron chi connectivity index (χ3n) is 3.07. The van der Waals surface area contributed by atoms with Crippen LogP contribution in [0.4, 0.5) is 14.9 Å². The lowest BCUT2D eigenvalue weighted by Crippen LogP contribution is -2.37. The van der Waals surface area contributed by atoms with Crippen LogP contribution in [0.1, 0.15) is 24.2 Å². The van der Waals surface area contributed by atoms with Gasteiger partial charge in [-0.2, -0.15) is 0 Å². The van der Waals surface area contributed by atoms with Crippen molar-refractivity contribution < 1.29 is 19.1 Å². The largest absolute Gasteiger partial charge is 0.478 e. The van der Waals surface area contributed by atoms with Crippen molar-refractivity contribution in [3.8, 4) is 0 Å². The normalized spacial score (nSPS) is 10.5. The number of amides is 2. The number of nitrogens with one attached hydrogen (secondary N) is 2. The third-order valence-corrected chi connectivity index (χ3v) is 3.07. The van der Waals surface area contributed by atoms with Gasteiger partial charge >= 0.3 is 12.0 Å². The van der Waals surface area contributed by atoms with Crippen LogP contribution in [-0.2, 0) is 0 Å². The zero-order valence-corrected chi connectivity index (χ0v) is 12.1. The van der Waals surface area contributed by atoms with Crippen molar-refractivity contribution in [3.63, 3.8) is 0 Å². The summed E-state index contributed by atoms with van der Waals surface area (Å²) in [4.78, 5) is 24.8. The summed E-state index contributed by atoms with van der Waals surface area (Å²) < 4.78 is 13.1. The molecule has 0 bridgehead atoms. The lowest BCUT2D eigenvalue weighted by atomic mass is 10.2. The Morgan fingerprint density at radius 3 is 2.52 bits per heavy atom. The molecule has 0 unspecified atom stereocenters. The summed E-state index contributed by atoms with van der Waals surface area (Å²) in [6, 6.07) is 2.57. The summed E-state index contributed by atoms with van der Waals surface area (Å²) >= 11 is 0. The fraction of sp³-hybridized carbons (Fsp3) is 0.429. The Balaban J connectivity index is 2.59. The highest BCUT2D eigenvalue weighted by Crippen LogP contribution is 2.17. The van der Waals surface area contributed by atoms with E-state index in [2.05, 4.69) is 15.5 Å². The molecule has 1 aromatic carbocycles. The maximum absolute atomic E-state index is 13.1. The molecule has 21 heavy (non-hydrogen) atoms. The molecule has 0 aliphatic heterocycles. The summed E-state index contributed by atoms with van der Waals surface area (Å²) in [6.07, 6.45) is 0. The highest BCUT2D eigenvalue weighted by molar-refractivity contribution is 5.99. The van der Waals surface area contributed by atoms with Crippen LogP contribution in [0.15, 0.2) is 18.2 Å². The number of nitrogens with zero attached hydrogens (tertiary/aromatic N) is 1. The topological polar surface area (TPSA) is 81.7 Å². The van der Waals surface area contributed by atoms with E-state index in [4.69, 9.17) is 5.11 Å². The van der Waals surface area contributed by atoms with Crippen molar-refractivity contribution >= 4 is 17.7 Å². The second-order valence-electron chi connectivity index (χ2n) is 4.40. The van der Waals surface area contributed by atoms with Gasteiger partial charge in [-0.05, 0) is 31.3 Å². The number of urea groups is 1. The average Bonchev–Trinajstić information content (AvgIpc) is 2.43. The van der Waals surface area contributed by atoms with Crippen molar-refractivity contribution in [2.75, 3.05) is 31.5 Å². The summed E-state index contributed by atoms with van der Waals surface area (Å²) in [5, 5.41) is 13.9. The number of benzene rings is 1. The Labute approximate surface area is 122 Å². The molecule has 0 atom stereocenters. The molecule has 0 aliphatic rings. The first-order valence-electron chi connectivity index (χ1n) is 6.78. The van der Waals surface area contributed by atoms with Crippen molar-refractivity contribution in [2.45, 2.75) is 13.8 Å². The number of carboxylic acid groups (broad SMARTS) is 1. The van der Waals surface area contributed by atoms with Crippen LogP contribution in [0.3, 0.4) is 0 Å². The van der Waals surface area contributed by atoms with Crippen LogP contribution in [0.25, 0.3) is 0 Å². The van der Waals surface area contributed by atoms with Gasteiger partial charge in [-0.3, -0.25) is 0 Å². The SMILES string of the molecule is CCN(CC)CCNC(=O)Nc1cc(F)ccc1C(=O)O. The number of carbonyl (C=O) groups excluding carboxylic acids is 1. The average molecular weight is 297 g/mol. The molecule has 1 rings (SSSR count). The van der Waals surface area contributed by atoms with Crippen LogP contribution in [0.5, 0.6) is 0 Å². The van der Waals surface area contributed by atoms with Crippen LogP contribution >= 0.6 is 0 Å². The molecule has 0 fully saturated rings. The molecule has 0 aliphatic carbocycles. The van der Waals surface area contributed by atoms with Crippen molar-refractivity contribution in [3.05, 3.63) is 29.6 Å². The van der Waals surface area contributed by atoms with E-state index >= 15 is 0 Å². The highest BCUT2D eigenvalue weighted by atomic mass is 19.1. The molecule has 0 aromatic heterocycles. The summed E-state index contributed by atoms with van der Waals surface area (Å²) in [5.74, 6) is -1.84. The quantitative estimate of drug-likeness (QED) is 0.719. The lowest BCUT2D eigenvalue weighted by Gasteiger charge is -2.18. The fourth-order valence-corrected chi connectivity index (χ4v) is 1.84. The van der Waals surface area contributed by atoms with Crippen molar-refractivity contribution in [1.82, 2.24) is 10.2 Å². The number of carboxylic acids is 1. The predicted molar refractivity (Wildman–Crippen MR) is 78.2 cm³/mol. The highest BCUT2D eigenvalue weighted by Gasteiger charge is 2.13. The molecule has 0 heterocycles. The second-order valence-corrected chi connectivity index (χ2v) is 4.40. The monoisotopic (exact) mass is 297 g/mol. The molecule has 0 spiro atoms. The molecule has 7 heteroatoms. The smallest absolute Gasteiger partial charge is 0.337 e. The minimum absolute atomic E-state index is 0.0668. The summed E-state index contributed by atoms with van der Waals surface area (Å²) in [5.41, 5.74) is -0.224. The minimum atomic E-state index is -1.23. The Kier molecular flexibility index (Phi) is 6.61. The van der Waals surface area contributed by atoms with E-state index in [9.17, 15) is 14.0 Å². The van der Waals surface area contributed by atoms with E-state index in [0.717, 1.165) is 31.3 Å². The van der Waals surface area contributed by atoms with Gasteiger partial charge in [0.2, 0.25) is 0 Å². The van der Waals surface area contributed by atoms with E-state index in [-0.39, 0.29) is 11.3 Å². The van der Waals surface area contributed by atoms with Gasteiger partial charge in [0.25, 0.3) is 0 Å². The van der Waals surface area contributed by atoms with E-state index in [1.165, 1.54) is 0 Å². The molecule has 6 nitrogen and oxygen atoms in total. The van der Waals surface area contributed by atoms with E-state index in [1.54, 1.807) is 0 Å². The van der Waals surface area contributed by atoms with Gasteiger partial charge in [-0.25, -0.2) is 14.0 Å². The van der Waals surface area contributed by atoms with Crippen LogP contribution in [-0.4, -0.2) is 48.2 Å². The number of likely N-dealkylation sites (N-methyl/N-ethyl adjacent to an activating group) is 1. The first-order valence-corrected chi connectivity index (χ1v) is 6.78. The molecule has 0 saturated heterocycles. The number of rotatable bonds is 7. The minimum Gasteiger partial charge on any atom is -0.478 e. The first kappa shape index (κ1) is 16.9. The van der Waals surface area contributed by atoms with E-state index in [0.29, 0.717) is 13.1 Å². The molecule has 2 amide bonds. The van der Waals surface area contributed by atoms with Gasteiger partial charge in [-0.15, -0.1) is 0 Å². The van der Waals surface area contributed by atoms with Gasteiger partial charge in [0, 0.05) is 13.1 Å². The number of halogens is 1. The second kappa shape index (κ2) is 8.21. The van der Waals surface area contributed by atoms with Gasteiger partial charge in [0.05, 0.1) is 11.3 Å². The predicted octanol–water partition coefficient (Wildman–Crippen LogP) is 1.99. The molecule has 0 saturated carbocycles. The fourth-order valence-electron chi connectivity index (χ4n) is 1.84. The first-order chi connectivity index (χ1) is 9.97. The zero-order chi connectivity index (χ0) is 15.8. The molecular formula is C14H20FN3O3. The number of carbonyl (C=O) groups is 2. The lowest BCUT2D eigenvalue weighted by molar-refractivity contribution is 0.0698. The maximum Gasteiger partial charge on any atom is 0.337 e. The van der Waals surface area contributed by atoms with Crippen LogP contribution in [0, 0.1) is 5.82 Å². The Hall–Kier alpha value is -2.15. The molecule has 0 radical (unpaired) electrons. The zero-order valence-electron chi connectivity index (χ0n) is 12.1. The van der Waals surface area contributed by atoms with Crippen molar-refractivity contribution in [2.24, 2.45) is 0 Å². The van der Waals surface area contributed by atoms with Crippen LogP contribution in [0.2, 0.25) is 0 Å². The third kappa shape index (κ3) is 5.39. The van der Waals surface area contributed by atoms with Gasteiger partial charge in [0.15, 0.2) is 0 Å². The number of hydrogen-bond acceptors (Lipinski definition) is 3. The standard InChI is InChI=1S/C14H20FN3O3/c1-3-18(4-2)8-7-16-14(21)17-12-9-10(15)5-6-11(12)13(19)20/h5-6,9H,3-4,7-8H2,1-2H3,(H,19,20)(H2,16,17,21). The van der Waals surface area contributed by atoms with E-state index < -0.39 is 17.8 Å². The van der Waals surface area contributed by atoms with Crippen molar-refractivity contribution in [1.29, 1.82) is 0 Å². The number of hydrogen-bond donors (Lipinski definition) is 3. The Morgan fingerprint density at radius 1 is 1.29 bits per heavy atom. The molecule has 1 aromatic rings. The summed E-state index contributed by atoms with van der Waals surface area (Å²) in [6.45, 7) is 6.92. The molecule has 3 N–H and O–H groups in total.